The first-order chi connectivity index (χ1) is 31.7. The van der Waals surface area contributed by atoms with Crippen molar-refractivity contribution >= 4 is 31.5 Å². The van der Waals surface area contributed by atoms with Crippen LogP contribution in [-0.4, -0.2) is 15.0 Å². The van der Waals surface area contributed by atoms with Crippen LogP contribution in [0.25, 0.3) is 98.8 Å². The maximum Gasteiger partial charge on any atom is 0.164 e. The monoisotopic (exact) mass is 835 g/mol. The SMILES string of the molecule is c1ccc(-c2cc(-c3ccccc3)cc(-c3nc(-c4ccccc4)nc(-c4cccc5sc6ccc(-c7ccc8c(c7)-c7ccccc7CCC8c7ccccc7)cc6c45)n3)c2)cc1. The van der Waals surface area contributed by atoms with Gasteiger partial charge >= 0.3 is 0 Å². The van der Waals surface area contributed by atoms with Gasteiger partial charge in [-0.05, 0) is 117 Å². The van der Waals surface area contributed by atoms with Crippen molar-refractivity contribution in [3.05, 3.63) is 235 Å². The van der Waals surface area contributed by atoms with Crippen LogP contribution in [0.15, 0.2) is 218 Å². The average molecular weight is 836 g/mol. The van der Waals surface area contributed by atoms with E-state index in [0.717, 1.165) is 57.2 Å². The summed E-state index contributed by atoms with van der Waals surface area (Å²) in [7, 11) is 0. The predicted octanol–water partition coefficient (Wildman–Crippen LogP) is 16.0. The van der Waals surface area contributed by atoms with E-state index in [9.17, 15) is 0 Å². The zero-order valence-electron chi connectivity index (χ0n) is 35.0. The van der Waals surface area contributed by atoms with Crippen LogP contribution in [0.5, 0.6) is 0 Å². The van der Waals surface area contributed by atoms with Crippen LogP contribution in [0.3, 0.4) is 0 Å². The van der Waals surface area contributed by atoms with Gasteiger partial charge in [-0.1, -0.05) is 176 Å². The third-order valence-corrected chi connectivity index (χ3v) is 13.9. The summed E-state index contributed by atoms with van der Waals surface area (Å²) >= 11 is 1.82. The van der Waals surface area contributed by atoms with E-state index in [1.807, 2.05) is 29.5 Å². The van der Waals surface area contributed by atoms with Crippen LogP contribution in [-0.2, 0) is 6.42 Å². The molecule has 0 amide bonds. The van der Waals surface area contributed by atoms with E-state index in [2.05, 4.69) is 200 Å². The summed E-state index contributed by atoms with van der Waals surface area (Å²) in [6.07, 6.45) is 2.13. The summed E-state index contributed by atoms with van der Waals surface area (Å²) in [5.74, 6) is 2.26. The van der Waals surface area contributed by atoms with Gasteiger partial charge in [-0.15, -0.1) is 11.3 Å². The Bertz CT molecular complexity index is 3430. The number of hydrogen-bond acceptors (Lipinski definition) is 4. The van der Waals surface area contributed by atoms with E-state index in [-0.39, 0.29) is 0 Å². The van der Waals surface area contributed by atoms with E-state index >= 15 is 0 Å². The topological polar surface area (TPSA) is 38.7 Å². The Kier molecular flexibility index (Phi) is 9.58. The van der Waals surface area contributed by atoms with Crippen molar-refractivity contribution in [3.63, 3.8) is 0 Å². The molecule has 1 aliphatic carbocycles. The fraction of sp³-hybridized carbons (Fsp3) is 0.0500. The van der Waals surface area contributed by atoms with Crippen LogP contribution >= 0.6 is 11.3 Å². The molecule has 1 atom stereocenters. The first kappa shape index (κ1) is 37.9. The number of aryl methyl sites for hydroxylation is 1. The average Bonchev–Trinajstić information content (AvgIpc) is 3.67. The second-order valence-corrected chi connectivity index (χ2v) is 17.7. The van der Waals surface area contributed by atoms with Crippen LogP contribution in [0.1, 0.15) is 29.0 Å². The fourth-order valence-corrected chi connectivity index (χ4v) is 10.8. The molecule has 2 aromatic heterocycles. The minimum atomic E-state index is 0.334. The third kappa shape index (κ3) is 6.99. The lowest BCUT2D eigenvalue weighted by Gasteiger charge is -2.19. The van der Waals surface area contributed by atoms with Crippen LogP contribution in [0.2, 0.25) is 0 Å². The van der Waals surface area contributed by atoms with Gasteiger partial charge in [-0.25, -0.2) is 15.0 Å². The van der Waals surface area contributed by atoms with Crippen LogP contribution < -0.4 is 0 Å². The lowest BCUT2D eigenvalue weighted by atomic mass is 9.84. The molecule has 0 radical (unpaired) electrons. The molecular formula is C60H41N3S. The largest absolute Gasteiger partial charge is 0.208 e. The highest BCUT2D eigenvalue weighted by Gasteiger charge is 2.25. The van der Waals surface area contributed by atoms with Crippen molar-refractivity contribution < 1.29 is 0 Å². The second kappa shape index (κ2) is 16.2. The van der Waals surface area contributed by atoms with E-state index in [1.54, 1.807) is 0 Å². The van der Waals surface area contributed by atoms with Gasteiger partial charge in [0, 0.05) is 42.8 Å². The molecule has 11 aromatic rings. The van der Waals surface area contributed by atoms with Gasteiger partial charge in [0.1, 0.15) is 0 Å². The van der Waals surface area contributed by atoms with Gasteiger partial charge in [0.25, 0.3) is 0 Å². The molecule has 3 nitrogen and oxygen atoms in total. The normalized spacial score (nSPS) is 13.3. The van der Waals surface area contributed by atoms with Crippen molar-refractivity contribution in [2.75, 3.05) is 0 Å². The van der Waals surface area contributed by atoms with Gasteiger partial charge in [-0.3, -0.25) is 0 Å². The Hall–Kier alpha value is -7.79. The molecule has 0 saturated heterocycles. The summed E-state index contributed by atoms with van der Waals surface area (Å²) in [6.45, 7) is 0. The van der Waals surface area contributed by atoms with E-state index in [0.29, 0.717) is 23.4 Å². The number of nitrogens with zero attached hydrogens (tertiary/aromatic N) is 3. The molecule has 0 aliphatic heterocycles. The molecule has 2 heterocycles. The molecule has 0 fully saturated rings. The molecule has 64 heavy (non-hydrogen) atoms. The summed E-state index contributed by atoms with van der Waals surface area (Å²) in [5.41, 5.74) is 16.6. The van der Waals surface area contributed by atoms with Crippen LogP contribution in [0.4, 0.5) is 0 Å². The maximum atomic E-state index is 5.38. The van der Waals surface area contributed by atoms with E-state index in [4.69, 9.17) is 15.0 Å². The Balaban J connectivity index is 1.03. The summed E-state index contributed by atoms with van der Waals surface area (Å²) in [5, 5.41) is 2.36. The summed E-state index contributed by atoms with van der Waals surface area (Å²) < 4.78 is 2.43. The molecular weight excluding hydrogens is 795 g/mol. The third-order valence-electron chi connectivity index (χ3n) is 12.8. The smallest absolute Gasteiger partial charge is 0.164 e. The Morgan fingerprint density at radius 1 is 0.359 bits per heavy atom. The molecule has 0 N–H and O–H groups in total. The number of rotatable bonds is 7. The van der Waals surface area contributed by atoms with Gasteiger partial charge < -0.3 is 0 Å². The van der Waals surface area contributed by atoms with Crippen molar-refractivity contribution in [1.29, 1.82) is 0 Å². The Morgan fingerprint density at radius 3 is 1.64 bits per heavy atom. The number of benzene rings is 9. The molecule has 0 spiro atoms. The molecule has 0 bridgehead atoms. The van der Waals surface area contributed by atoms with E-state index in [1.165, 1.54) is 53.7 Å². The number of thiophene rings is 1. The molecule has 12 rings (SSSR count). The number of fused-ring (bicyclic) bond motifs is 6. The van der Waals surface area contributed by atoms with Gasteiger partial charge in [0.2, 0.25) is 0 Å². The molecule has 1 aliphatic rings. The predicted molar refractivity (Wildman–Crippen MR) is 267 cm³/mol. The molecule has 1 unspecified atom stereocenters. The number of aromatic nitrogens is 3. The molecule has 302 valence electrons. The second-order valence-electron chi connectivity index (χ2n) is 16.7. The van der Waals surface area contributed by atoms with Crippen molar-refractivity contribution in [3.8, 4) is 78.7 Å². The molecule has 0 saturated carbocycles. The lowest BCUT2D eigenvalue weighted by Crippen LogP contribution is -2.02. The lowest BCUT2D eigenvalue weighted by molar-refractivity contribution is 0.726. The summed E-state index contributed by atoms with van der Waals surface area (Å²) in [6, 6.07) is 78.7. The zero-order valence-corrected chi connectivity index (χ0v) is 35.8. The van der Waals surface area contributed by atoms with Gasteiger partial charge in [-0.2, -0.15) is 0 Å². The fourth-order valence-electron chi connectivity index (χ4n) is 9.65. The number of hydrogen-bond donors (Lipinski definition) is 0. The van der Waals surface area contributed by atoms with Crippen molar-refractivity contribution in [2.24, 2.45) is 0 Å². The Morgan fingerprint density at radius 2 is 0.922 bits per heavy atom. The minimum absolute atomic E-state index is 0.334. The van der Waals surface area contributed by atoms with Gasteiger partial charge in [0.15, 0.2) is 17.5 Å². The molecule has 4 heteroatoms. The standard InChI is InChI=1S/C60H41N3S/c1-5-16-39(17-6-1)46-34-47(40-18-7-2-8-19-40)36-48(35-46)59-61-58(43-23-11-4-12-24-43)62-60(63-59)52-26-15-27-56-57(52)54-38-45(30-33-55(54)64-56)44-29-32-51-50(41-20-9-3-10-21-41)31-28-42-22-13-14-25-49(42)53(51)37-44/h1-27,29-30,32-38,50H,28,31H2. The first-order valence-electron chi connectivity index (χ1n) is 22.0. The molecule has 9 aromatic carbocycles. The maximum absolute atomic E-state index is 5.38. The van der Waals surface area contributed by atoms with Crippen molar-refractivity contribution in [1.82, 2.24) is 15.0 Å². The highest BCUT2D eigenvalue weighted by Crippen LogP contribution is 2.45. The van der Waals surface area contributed by atoms with Crippen LogP contribution in [0, 0.1) is 0 Å². The van der Waals surface area contributed by atoms with Gasteiger partial charge in [0.05, 0.1) is 0 Å². The first-order valence-corrected chi connectivity index (χ1v) is 22.8. The Labute approximate surface area is 377 Å². The summed E-state index contributed by atoms with van der Waals surface area (Å²) in [4.78, 5) is 15.9. The van der Waals surface area contributed by atoms with E-state index < -0.39 is 0 Å². The zero-order chi connectivity index (χ0) is 42.4. The quantitative estimate of drug-likeness (QED) is 0.161. The van der Waals surface area contributed by atoms with Crippen molar-refractivity contribution in [2.45, 2.75) is 18.8 Å². The highest BCUT2D eigenvalue weighted by molar-refractivity contribution is 7.26. The minimum Gasteiger partial charge on any atom is -0.208 e. The highest BCUT2D eigenvalue weighted by atomic mass is 32.1.